The van der Waals surface area contributed by atoms with Crippen LogP contribution in [0.4, 0.5) is 4.79 Å². The maximum absolute atomic E-state index is 12.3. The minimum absolute atomic E-state index is 0.0680. The Morgan fingerprint density at radius 1 is 1.21 bits per heavy atom. The molecule has 29 heavy (non-hydrogen) atoms. The number of aliphatic carboxylic acids is 2. The van der Waals surface area contributed by atoms with E-state index in [-0.39, 0.29) is 6.42 Å². The predicted molar refractivity (Wildman–Crippen MR) is 103 cm³/mol. The molecule has 1 amide bonds. The zero-order chi connectivity index (χ0) is 21.9. The molecule has 1 heterocycles. The smallest absolute Gasteiger partial charge is 0.543 e. The minimum atomic E-state index is -2.11. The van der Waals surface area contributed by atoms with Gasteiger partial charge in [0, 0.05) is 6.42 Å². The van der Waals surface area contributed by atoms with E-state index in [1.165, 1.54) is 32.6 Å². The van der Waals surface area contributed by atoms with Crippen molar-refractivity contribution >= 4 is 30.0 Å². The van der Waals surface area contributed by atoms with Crippen molar-refractivity contribution in [2.45, 2.75) is 89.8 Å². The predicted octanol–water partition coefficient (Wildman–Crippen LogP) is 2.02. The number of carboxylic acid groups (broad SMARTS) is 2. The molecule has 160 valence electrons. The molecule has 0 aromatic heterocycles. The van der Waals surface area contributed by atoms with Gasteiger partial charge in [0.25, 0.3) is 0 Å². The average molecular weight is 407 g/mol. The van der Waals surface area contributed by atoms with Crippen molar-refractivity contribution in [3.63, 3.8) is 0 Å². The Morgan fingerprint density at radius 3 is 2.24 bits per heavy atom. The van der Waals surface area contributed by atoms with E-state index in [0.29, 0.717) is 11.0 Å². The number of nitrogens with zero attached hydrogens (tertiary/aromatic N) is 3. The molecule has 9 nitrogen and oxygen atoms in total. The van der Waals surface area contributed by atoms with Crippen molar-refractivity contribution in [2.24, 2.45) is 4.99 Å². The van der Waals surface area contributed by atoms with Gasteiger partial charge in [0.2, 0.25) is 6.21 Å². The van der Waals surface area contributed by atoms with E-state index in [0.717, 1.165) is 31.9 Å². The van der Waals surface area contributed by atoms with Gasteiger partial charge in [-0.25, -0.2) is 4.79 Å². The molecule has 0 aliphatic carbocycles. The lowest BCUT2D eigenvalue weighted by molar-refractivity contribution is -0.512. The van der Waals surface area contributed by atoms with Crippen LogP contribution in [0.1, 0.15) is 78.1 Å². The number of hydrogen-bond acceptors (Lipinski definition) is 7. The lowest BCUT2D eigenvalue weighted by Crippen LogP contribution is -2.49. The topological polar surface area (TPSA) is 143 Å². The van der Waals surface area contributed by atoms with Gasteiger partial charge in [-0.1, -0.05) is 62.9 Å². The van der Waals surface area contributed by atoms with Crippen molar-refractivity contribution in [2.75, 3.05) is 0 Å². The Morgan fingerprint density at radius 2 is 1.76 bits per heavy atom. The molecular formula is C20H29N3O6. The maximum Gasteiger partial charge on any atom is 0.600 e. The third kappa shape index (κ3) is 6.97. The standard InChI is InChI=1S/C20H29N3O6/c1-3-4-5-6-7-8-9-10-11-12-20(18(26)27)22-16(17(24)25)14-23(20)19(28)29-15(2)13-21/h14-15H,3-12H2,1-2H3,(H-,24,25,26,27). The highest BCUT2D eigenvalue weighted by molar-refractivity contribution is 6.58. The summed E-state index contributed by atoms with van der Waals surface area (Å²) in [6.45, 7) is 3.48. The first-order chi connectivity index (χ1) is 13.8. The zero-order valence-corrected chi connectivity index (χ0v) is 17.1. The van der Waals surface area contributed by atoms with Crippen LogP contribution >= 0.6 is 0 Å². The monoisotopic (exact) mass is 407 g/mol. The van der Waals surface area contributed by atoms with E-state index in [1.54, 1.807) is 6.07 Å². The SMILES string of the molecule is CCCCCCCCCCCC1(C(=O)O)N=C(C(=O)[O-])C=[N+]1C(=O)OC(C)C#N. The second-order valence-corrected chi connectivity index (χ2v) is 7.14. The number of carbonyl (C=O) groups is 3. The normalized spacial score (nSPS) is 19.1. The highest BCUT2D eigenvalue weighted by atomic mass is 16.6. The Kier molecular flexibility index (Phi) is 10.00. The maximum atomic E-state index is 12.3. The van der Waals surface area contributed by atoms with E-state index in [2.05, 4.69) is 11.9 Å². The summed E-state index contributed by atoms with van der Waals surface area (Å²) in [5.74, 6) is -3.16. The molecule has 1 rings (SSSR count). The summed E-state index contributed by atoms with van der Waals surface area (Å²) in [6, 6.07) is 1.70. The van der Waals surface area contributed by atoms with Gasteiger partial charge in [-0.15, -0.1) is 0 Å². The number of nitriles is 1. The first kappa shape index (κ1) is 24.3. The first-order valence-electron chi connectivity index (χ1n) is 10.1. The van der Waals surface area contributed by atoms with Crippen LogP contribution in [0, 0.1) is 11.3 Å². The van der Waals surface area contributed by atoms with E-state index < -0.39 is 35.5 Å². The summed E-state index contributed by atoms with van der Waals surface area (Å²) in [6.07, 6.45) is 7.52. The van der Waals surface area contributed by atoms with Gasteiger partial charge in [0.05, 0.1) is 5.97 Å². The van der Waals surface area contributed by atoms with Crippen LogP contribution in [0.5, 0.6) is 0 Å². The second kappa shape index (κ2) is 11.9. The van der Waals surface area contributed by atoms with Crippen molar-refractivity contribution in [3.05, 3.63) is 0 Å². The quantitative estimate of drug-likeness (QED) is 0.363. The first-order valence-corrected chi connectivity index (χ1v) is 10.1. The van der Waals surface area contributed by atoms with E-state index in [4.69, 9.17) is 10.00 Å². The molecule has 1 aliphatic heterocycles. The lowest BCUT2D eigenvalue weighted by Gasteiger charge is -2.18. The third-order valence-corrected chi connectivity index (χ3v) is 4.79. The molecule has 1 N–H and O–H groups in total. The number of ether oxygens (including phenoxy) is 1. The Labute approximate surface area is 170 Å². The Balaban J connectivity index is 2.77. The largest absolute Gasteiger partial charge is 0.600 e. The van der Waals surface area contributed by atoms with Gasteiger partial charge in [0.1, 0.15) is 6.07 Å². The van der Waals surface area contributed by atoms with Crippen LogP contribution < -0.4 is 5.11 Å². The molecule has 0 fully saturated rings. The summed E-state index contributed by atoms with van der Waals surface area (Å²) < 4.78 is 5.49. The fourth-order valence-electron chi connectivity index (χ4n) is 3.16. The number of amides is 1. The van der Waals surface area contributed by atoms with Crippen LogP contribution in [0.15, 0.2) is 4.99 Å². The van der Waals surface area contributed by atoms with Gasteiger partial charge in [0.15, 0.2) is 11.8 Å². The van der Waals surface area contributed by atoms with E-state index in [1.807, 2.05) is 0 Å². The molecule has 0 spiro atoms. The molecule has 2 unspecified atom stereocenters. The Bertz CT molecular complexity index is 709. The lowest BCUT2D eigenvalue weighted by atomic mass is 10.00. The minimum Gasteiger partial charge on any atom is -0.543 e. The zero-order valence-electron chi connectivity index (χ0n) is 17.1. The van der Waals surface area contributed by atoms with Gasteiger partial charge < -0.3 is 19.7 Å². The molecule has 0 radical (unpaired) electrons. The molecule has 0 aromatic rings. The Hall–Kier alpha value is -2.76. The fraction of sp³-hybridized carbons (Fsp3) is 0.700. The van der Waals surface area contributed by atoms with Crippen molar-refractivity contribution < 1.29 is 33.9 Å². The molecule has 2 atom stereocenters. The third-order valence-electron chi connectivity index (χ3n) is 4.79. The van der Waals surface area contributed by atoms with Gasteiger partial charge in [-0.3, -0.25) is 0 Å². The molecule has 0 bridgehead atoms. The number of carbonyl (C=O) groups excluding carboxylic acids is 2. The molecule has 0 saturated heterocycles. The van der Waals surface area contributed by atoms with Crippen LogP contribution in [0.3, 0.4) is 0 Å². The number of unbranched alkanes of at least 4 members (excludes halogenated alkanes) is 8. The summed E-state index contributed by atoms with van der Waals surface area (Å²) in [7, 11) is 0. The summed E-state index contributed by atoms with van der Waals surface area (Å²) in [4.78, 5) is 39.3. The number of hydrogen-bond donors (Lipinski definition) is 1. The summed E-state index contributed by atoms with van der Waals surface area (Å²) in [5.41, 5.74) is -2.76. The second-order valence-electron chi connectivity index (χ2n) is 7.14. The average Bonchev–Trinajstić information content (AvgIpc) is 3.08. The fourth-order valence-corrected chi connectivity index (χ4v) is 3.16. The molecule has 0 saturated carbocycles. The van der Waals surface area contributed by atoms with Crippen molar-refractivity contribution in [3.8, 4) is 6.07 Å². The van der Waals surface area contributed by atoms with Gasteiger partial charge in [-0.05, 0) is 13.3 Å². The number of rotatable bonds is 13. The van der Waals surface area contributed by atoms with Crippen LogP contribution in [0.25, 0.3) is 0 Å². The summed E-state index contributed by atoms with van der Waals surface area (Å²) >= 11 is 0. The van der Waals surface area contributed by atoms with Crippen LogP contribution in [0.2, 0.25) is 0 Å². The number of aliphatic imine (C=N–C) groups is 1. The van der Waals surface area contributed by atoms with Crippen molar-refractivity contribution in [1.82, 2.24) is 0 Å². The van der Waals surface area contributed by atoms with Gasteiger partial charge >= 0.3 is 17.7 Å². The van der Waals surface area contributed by atoms with Crippen LogP contribution in [-0.4, -0.2) is 51.4 Å². The summed E-state index contributed by atoms with van der Waals surface area (Å²) in [5, 5.41) is 29.7. The van der Waals surface area contributed by atoms with Crippen LogP contribution in [-0.2, 0) is 14.3 Å². The molecule has 9 heteroatoms. The molecule has 0 aromatic carbocycles. The van der Waals surface area contributed by atoms with Gasteiger partial charge in [-0.2, -0.15) is 15.0 Å². The highest BCUT2D eigenvalue weighted by Crippen LogP contribution is 2.27. The van der Waals surface area contributed by atoms with Crippen molar-refractivity contribution in [1.29, 1.82) is 5.26 Å². The van der Waals surface area contributed by atoms with E-state index in [9.17, 15) is 24.6 Å². The molecular weight excluding hydrogens is 378 g/mol. The highest BCUT2D eigenvalue weighted by Gasteiger charge is 2.57. The molecule has 1 aliphatic rings. The number of carboxylic acids is 2. The van der Waals surface area contributed by atoms with E-state index >= 15 is 0 Å².